The van der Waals surface area contributed by atoms with Crippen molar-refractivity contribution >= 4 is 74.2 Å². The number of morpholine rings is 1. The predicted octanol–water partition coefficient (Wildman–Crippen LogP) is 4.41. The normalized spacial score (nSPS) is 14.0. The maximum Gasteiger partial charge on any atom is 0.338 e. The molecule has 0 bridgehead atoms. The zero-order valence-corrected chi connectivity index (χ0v) is 21.6. The fourth-order valence-electron chi connectivity index (χ4n) is 3.40. The highest BCUT2D eigenvalue weighted by atomic mass is 35.5. The van der Waals surface area contributed by atoms with Crippen LogP contribution in [0.5, 0.6) is 5.75 Å². The number of nitrogens with zero attached hydrogens (tertiary/aromatic N) is 2. The number of thiazole rings is 1. The number of aromatic amines is 1. The summed E-state index contributed by atoms with van der Waals surface area (Å²) >= 11 is 13.4. The number of hydrogen-bond donors (Lipinski definition) is 2. The Morgan fingerprint density at radius 1 is 1.26 bits per heavy atom. The first-order valence-electron chi connectivity index (χ1n) is 10.2. The van der Waals surface area contributed by atoms with Gasteiger partial charge in [0.25, 0.3) is 5.91 Å². The smallest absolute Gasteiger partial charge is 0.338 e. The number of aryl methyl sites for hydroxylation is 1. The van der Waals surface area contributed by atoms with Gasteiger partial charge in [0.1, 0.15) is 23.6 Å². The van der Waals surface area contributed by atoms with Crippen molar-refractivity contribution in [2.45, 2.75) is 6.92 Å². The van der Waals surface area contributed by atoms with Gasteiger partial charge in [-0.1, -0.05) is 34.5 Å². The van der Waals surface area contributed by atoms with Crippen LogP contribution in [0, 0.1) is 6.92 Å². The summed E-state index contributed by atoms with van der Waals surface area (Å²) in [4.78, 5) is 34.5. The van der Waals surface area contributed by atoms with Crippen LogP contribution in [0.3, 0.4) is 0 Å². The van der Waals surface area contributed by atoms with Crippen LogP contribution in [-0.2, 0) is 9.47 Å². The second kappa shape index (κ2) is 11.6. The minimum atomic E-state index is -0.489. The summed E-state index contributed by atoms with van der Waals surface area (Å²) in [7, 11) is 1.32. The summed E-state index contributed by atoms with van der Waals surface area (Å²) in [6.45, 7) is 5.94. The molecule has 3 heterocycles. The van der Waals surface area contributed by atoms with Gasteiger partial charge in [0.15, 0.2) is 5.13 Å². The summed E-state index contributed by atoms with van der Waals surface area (Å²) in [5.74, 6) is -0.524. The first-order valence-corrected chi connectivity index (χ1v) is 11.8. The molecule has 9 nitrogen and oxygen atoms in total. The topological polar surface area (TPSA) is 106 Å². The Balaban J connectivity index is 0.00000324. The Kier molecular flexibility index (Phi) is 9.02. The van der Waals surface area contributed by atoms with Crippen LogP contribution < -0.4 is 10.1 Å². The standard InChI is InChI=1S/C21H22Cl2N4O5S.ClH/c1-11-15(22)16(23)18(24-11)19(28)26-21-25-17-13(32-8-5-27-3-6-31-7-4-27)9-12(20(29)30-2)10-14(17)33-21;/h9-10,24H,3-8H2,1-2H3,(H,25,26,28);1H. The summed E-state index contributed by atoms with van der Waals surface area (Å²) in [6.07, 6.45) is 0. The van der Waals surface area contributed by atoms with Crippen LogP contribution in [0.1, 0.15) is 26.5 Å². The van der Waals surface area contributed by atoms with Crippen molar-refractivity contribution in [3.8, 4) is 5.75 Å². The second-order valence-corrected chi connectivity index (χ2v) is 9.13. The van der Waals surface area contributed by atoms with E-state index in [1.165, 1.54) is 18.4 Å². The van der Waals surface area contributed by atoms with Crippen molar-refractivity contribution in [1.82, 2.24) is 14.9 Å². The molecule has 0 spiro atoms. The first-order chi connectivity index (χ1) is 15.9. The second-order valence-electron chi connectivity index (χ2n) is 7.34. The van der Waals surface area contributed by atoms with Crippen molar-refractivity contribution in [3.05, 3.63) is 39.1 Å². The first kappa shape index (κ1) is 26.5. The third kappa shape index (κ3) is 5.76. The van der Waals surface area contributed by atoms with E-state index in [1.54, 1.807) is 19.1 Å². The van der Waals surface area contributed by atoms with Crippen molar-refractivity contribution in [2.24, 2.45) is 0 Å². The summed E-state index contributed by atoms with van der Waals surface area (Å²) in [5.41, 5.74) is 1.62. The molecule has 1 aromatic carbocycles. The van der Waals surface area contributed by atoms with Gasteiger partial charge >= 0.3 is 5.97 Å². The van der Waals surface area contributed by atoms with E-state index in [0.717, 1.165) is 13.1 Å². The Bertz CT molecular complexity index is 1190. The van der Waals surface area contributed by atoms with Crippen molar-refractivity contribution < 1.29 is 23.8 Å². The van der Waals surface area contributed by atoms with E-state index in [-0.39, 0.29) is 23.1 Å². The molecule has 1 fully saturated rings. The number of carbonyl (C=O) groups excluding carboxylic acids is 2. The van der Waals surface area contributed by atoms with Crippen molar-refractivity contribution in [1.29, 1.82) is 0 Å². The SMILES string of the molecule is COC(=O)c1cc(OCCN2CCOCC2)c2nc(NC(=O)c3[nH]c(C)c(Cl)c3Cl)sc2c1.Cl. The molecular formula is C21H23Cl3N4O5S. The number of halogens is 3. The summed E-state index contributed by atoms with van der Waals surface area (Å²) < 4.78 is 16.9. The Morgan fingerprint density at radius 2 is 2.00 bits per heavy atom. The maximum absolute atomic E-state index is 12.7. The number of amides is 1. The Labute approximate surface area is 216 Å². The van der Waals surface area contributed by atoms with Gasteiger partial charge in [0.05, 0.1) is 40.6 Å². The lowest BCUT2D eigenvalue weighted by molar-refractivity contribution is 0.0323. The van der Waals surface area contributed by atoms with Crippen molar-refractivity contribution in [3.63, 3.8) is 0 Å². The van der Waals surface area contributed by atoms with Gasteiger partial charge in [-0.15, -0.1) is 12.4 Å². The highest BCUT2D eigenvalue weighted by Gasteiger charge is 2.21. The fraction of sp³-hybridized carbons (Fsp3) is 0.381. The fourth-order valence-corrected chi connectivity index (χ4v) is 4.73. The number of esters is 1. The van der Waals surface area contributed by atoms with Gasteiger partial charge in [0.2, 0.25) is 0 Å². The number of rotatable bonds is 7. The molecule has 13 heteroatoms. The average molecular weight is 550 g/mol. The van der Waals surface area contributed by atoms with Crippen LogP contribution in [0.4, 0.5) is 5.13 Å². The number of fused-ring (bicyclic) bond motifs is 1. The zero-order chi connectivity index (χ0) is 23.5. The number of methoxy groups -OCH3 is 1. The Morgan fingerprint density at radius 3 is 2.65 bits per heavy atom. The van der Waals surface area contributed by atoms with Crippen molar-refractivity contribution in [2.75, 3.05) is 51.9 Å². The van der Waals surface area contributed by atoms with E-state index in [1.807, 2.05) is 0 Å². The van der Waals surface area contributed by atoms with E-state index in [4.69, 9.17) is 37.4 Å². The lowest BCUT2D eigenvalue weighted by atomic mass is 10.2. The molecule has 184 valence electrons. The van der Waals surface area contributed by atoms with Gasteiger partial charge in [-0.25, -0.2) is 9.78 Å². The number of H-pyrrole nitrogens is 1. The number of carbonyl (C=O) groups is 2. The molecular weight excluding hydrogens is 527 g/mol. The highest BCUT2D eigenvalue weighted by molar-refractivity contribution is 7.22. The molecule has 1 aliphatic heterocycles. The van der Waals surface area contributed by atoms with E-state index >= 15 is 0 Å². The number of aromatic nitrogens is 2. The lowest BCUT2D eigenvalue weighted by Crippen LogP contribution is -2.38. The summed E-state index contributed by atoms with van der Waals surface area (Å²) in [5, 5.41) is 3.50. The number of benzene rings is 1. The average Bonchev–Trinajstić information content (AvgIpc) is 3.34. The maximum atomic E-state index is 12.7. The predicted molar refractivity (Wildman–Crippen MR) is 134 cm³/mol. The van der Waals surface area contributed by atoms with E-state index in [0.29, 0.717) is 63.7 Å². The minimum Gasteiger partial charge on any atom is -0.490 e. The van der Waals surface area contributed by atoms with Gasteiger partial charge in [0, 0.05) is 25.3 Å². The quantitative estimate of drug-likeness (QED) is 0.421. The van der Waals surface area contributed by atoms with E-state index in [2.05, 4.69) is 20.2 Å². The van der Waals surface area contributed by atoms with Crippen LogP contribution in [0.2, 0.25) is 10.0 Å². The molecule has 1 saturated heterocycles. The van der Waals surface area contributed by atoms with Gasteiger partial charge < -0.3 is 19.2 Å². The van der Waals surface area contributed by atoms with Crippen LogP contribution in [0.25, 0.3) is 10.2 Å². The molecule has 0 saturated carbocycles. The van der Waals surface area contributed by atoms with Gasteiger partial charge in [-0.3, -0.25) is 15.0 Å². The molecule has 2 N–H and O–H groups in total. The molecule has 2 aromatic heterocycles. The molecule has 34 heavy (non-hydrogen) atoms. The largest absolute Gasteiger partial charge is 0.490 e. The molecule has 3 aromatic rings. The number of hydrogen-bond acceptors (Lipinski definition) is 8. The van der Waals surface area contributed by atoms with E-state index in [9.17, 15) is 9.59 Å². The molecule has 0 radical (unpaired) electrons. The van der Waals surface area contributed by atoms with Crippen LogP contribution in [-0.4, -0.2) is 73.3 Å². The minimum absolute atomic E-state index is 0. The molecule has 1 aliphatic rings. The summed E-state index contributed by atoms with van der Waals surface area (Å²) in [6, 6.07) is 3.26. The molecule has 0 atom stereocenters. The third-order valence-corrected chi connectivity index (χ3v) is 7.02. The number of ether oxygens (including phenoxy) is 3. The highest BCUT2D eigenvalue weighted by Crippen LogP contribution is 2.35. The monoisotopic (exact) mass is 548 g/mol. The van der Waals surface area contributed by atoms with Crippen LogP contribution in [0.15, 0.2) is 12.1 Å². The Hall–Kier alpha value is -2.08. The molecule has 0 aliphatic carbocycles. The van der Waals surface area contributed by atoms with Gasteiger partial charge in [-0.2, -0.15) is 0 Å². The van der Waals surface area contributed by atoms with Gasteiger partial charge in [-0.05, 0) is 19.1 Å². The third-order valence-electron chi connectivity index (χ3n) is 5.15. The number of nitrogens with one attached hydrogen (secondary N) is 2. The number of anilines is 1. The van der Waals surface area contributed by atoms with E-state index < -0.39 is 11.9 Å². The zero-order valence-electron chi connectivity index (χ0n) is 18.4. The lowest BCUT2D eigenvalue weighted by Gasteiger charge is -2.26. The van der Waals surface area contributed by atoms with Crippen LogP contribution >= 0.6 is 46.9 Å². The molecule has 0 unspecified atom stereocenters. The molecule has 4 rings (SSSR count). The molecule has 1 amide bonds.